The van der Waals surface area contributed by atoms with Crippen molar-refractivity contribution in [3.05, 3.63) is 42.0 Å². The highest BCUT2D eigenvalue weighted by Gasteiger charge is 2.32. The summed E-state index contributed by atoms with van der Waals surface area (Å²) in [4.78, 5) is 41.4. The third-order valence-electron chi connectivity index (χ3n) is 4.89. The smallest absolute Gasteiger partial charge is 0.290 e. The Morgan fingerprint density at radius 1 is 1.39 bits per heavy atom. The van der Waals surface area contributed by atoms with E-state index in [1.165, 1.54) is 17.0 Å². The average Bonchev–Trinajstić information content (AvgIpc) is 3.04. The number of carbonyl (C=O) groups excluding carboxylic acids is 2. The third-order valence-corrected chi connectivity index (χ3v) is 4.89. The van der Waals surface area contributed by atoms with Gasteiger partial charge in [0.1, 0.15) is 11.6 Å². The molecule has 1 aromatic carbocycles. The average molecular weight is 389 g/mol. The maximum atomic E-state index is 13.3. The van der Waals surface area contributed by atoms with E-state index >= 15 is 0 Å². The molecule has 0 radical (unpaired) electrons. The lowest BCUT2D eigenvalue weighted by Gasteiger charge is -2.31. The SMILES string of the molecule is CC1CC=CCC1C(=O)N(C=O)C(C)Cc1nc2ccc(F)cc2[nH]1.O=CO. The number of imide groups is 1. The number of carboxylic acid groups (broad SMARTS) is 1. The molecule has 0 saturated carbocycles. The van der Waals surface area contributed by atoms with E-state index < -0.39 is 0 Å². The van der Waals surface area contributed by atoms with Gasteiger partial charge in [0.25, 0.3) is 6.47 Å². The van der Waals surface area contributed by atoms with Crippen LogP contribution in [0.25, 0.3) is 11.0 Å². The Morgan fingerprint density at radius 3 is 2.71 bits per heavy atom. The second kappa shape index (κ2) is 9.77. The van der Waals surface area contributed by atoms with E-state index in [1.807, 2.05) is 19.9 Å². The molecule has 7 nitrogen and oxygen atoms in total. The molecule has 1 aliphatic carbocycles. The highest BCUT2D eigenvalue weighted by atomic mass is 19.1. The molecule has 0 spiro atoms. The van der Waals surface area contributed by atoms with E-state index in [9.17, 15) is 14.0 Å². The van der Waals surface area contributed by atoms with Gasteiger partial charge < -0.3 is 10.1 Å². The van der Waals surface area contributed by atoms with Crippen molar-refractivity contribution in [1.82, 2.24) is 14.9 Å². The summed E-state index contributed by atoms with van der Waals surface area (Å²) in [5.74, 6) is 0.217. The van der Waals surface area contributed by atoms with Crippen molar-refractivity contribution < 1.29 is 23.9 Å². The molecule has 8 heteroatoms. The maximum Gasteiger partial charge on any atom is 0.290 e. The van der Waals surface area contributed by atoms with Crippen molar-refractivity contribution in [2.24, 2.45) is 11.8 Å². The van der Waals surface area contributed by atoms with Crippen LogP contribution in [0.3, 0.4) is 0 Å². The molecule has 2 N–H and O–H groups in total. The van der Waals surface area contributed by atoms with E-state index in [0.717, 1.165) is 6.42 Å². The first-order valence-electron chi connectivity index (χ1n) is 9.05. The van der Waals surface area contributed by atoms with Crippen LogP contribution in [0, 0.1) is 17.7 Å². The van der Waals surface area contributed by atoms with Gasteiger partial charge in [0.2, 0.25) is 12.3 Å². The number of imidazole rings is 1. The number of amides is 2. The predicted molar refractivity (Wildman–Crippen MR) is 102 cm³/mol. The Kier molecular flexibility index (Phi) is 7.43. The number of H-pyrrole nitrogens is 1. The van der Waals surface area contributed by atoms with Crippen LogP contribution in [0.1, 0.15) is 32.5 Å². The van der Waals surface area contributed by atoms with Crippen molar-refractivity contribution in [1.29, 1.82) is 0 Å². The number of aromatic amines is 1. The third kappa shape index (κ3) is 5.03. The van der Waals surface area contributed by atoms with E-state index in [1.54, 1.807) is 6.07 Å². The van der Waals surface area contributed by atoms with Crippen molar-refractivity contribution in [3.63, 3.8) is 0 Å². The van der Waals surface area contributed by atoms with Crippen LogP contribution < -0.4 is 0 Å². The normalized spacial score (nSPS) is 19.4. The zero-order chi connectivity index (χ0) is 20.7. The quantitative estimate of drug-likeness (QED) is 0.604. The van der Waals surface area contributed by atoms with E-state index in [2.05, 4.69) is 16.0 Å². The van der Waals surface area contributed by atoms with Crippen LogP contribution in [-0.4, -0.2) is 44.8 Å². The minimum atomic E-state index is -0.334. The van der Waals surface area contributed by atoms with Crippen LogP contribution in [0.2, 0.25) is 0 Å². The van der Waals surface area contributed by atoms with Gasteiger partial charge in [-0.25, -0.2) is 9.37 Å². The van der Waals surface area contributed by atoms with Crippen molar-refractivity contribution >= 4 is 29.8 Å². The summed E-state index contributed by atoms with van der Waals surface area (Å²) in [5.41, 5.74) is 1.27. The van der Waals surface area contributed by atoms with Crippen molar-refractivity contribution in [2.75, 3.05) is 0 Å². The molecule has 2 amide bonds. The van der Waals surface area contributed by atoms with Crippen LogP contribution in [0.4, 0.5) is 4.39 Å². The van der Waals surface area contributed by atoms with Gasteiger partial charge >= 0.3 is 0 Å². The molecule has 0 saturated heterocycles. The lowest BCUT2D eigenvalue weighted by Crippen LogP contribution is -2.44. The number of halogens is 1. The molecule has 150 valence electrons. The zero-order valence-corrected chi connectivity index (χ0v) is 15.8. The van der Waals surface area contributed by atoms with Gasteiger partial charge in [-0.2, -0.15) is 0 Å². The van der Waals surface area contributed by atoms with E-state index in [0.29, 0.717) is 36.1 Å². The Morgan fingerprint density at radius 2 is 2.07 bits per heavy atom. The van der Waals surface area contributed by atoms with Gasteiger partial charge in [-0.1, -0.05) is 19.1 Å². The molecule has 3 atom stereocenters. The van der Waals surface area contributed by atoms with E-state index in [4.69, 9.17) is 9.90 Å². The van der Waals surface area contributed by atoms with Crippen LogP contribution in [0.15, 0.2) is 30.4 Å². The summed E-state index contributed by atoms with van der Waals surface area (Å²) in [6, 6.07) is 4.02. The molecular weight excluding hydrogens is 365 g/mol. The number of nitrogens with zero attached hydrogens (tertiary/aromatic N) is 2. The molecule has 28 heavy (non-hydrogen) atoms. The Balaban J connectivity index is 0.000000878. The Bertz CT molecular complexity index is 864. The van der Waals surface area contributed by atoms with Crippen LogP contribution >= 0.6 is 0 Å². The van der Waals surface area contributed by atoms with Gasteiger partial charge in [-0.05, 0) is 43.9 Å². The van der Waals surface area contributed by atoms with Gasteiger partial charge in [0.15, 0.2) is 0 Å². The first-order valence-corrected chi connectivity index (χ1v) is 9.05. The second-order valence-electron chi connectivity index (χ2n) is 6.88. The second-order valence-corrected chi connectivity index (χ2v) is 6.88. The van der Waals surface area contributed by atoms with Gasteiger partial charge in [0.05, 0.1) is 11.0 Å². The number of rotatable bonds is 5. The summed E-state index contributed by atoms with van der Waals surface area (Å²) < 4.78 is 13.3. The highest BCUT2D eigenvalue weighted by molar-refractivity contribution is 5.88. The van der Waals surface area contributed by atoms with Crippen molar-refractivity contribution in [2.45, 2.75) is 39.2 Å². The van der Waals surface area contributed by atoms with Crippen LogP contribution in [-0.2, 0) is 20.8 Å². The molecule has 0 aliphatic heterocycles. The molecule has 1 heterocycles. The molecule has 3 unspecified atom stereocenters. The number of fused-ring (bicyclic) bond motifs is 1. The molecule has 0 bridgehead atoms. The lowest BCUT2D eigenvalue weighted by atomic mass is 9.83. The molecule has 0 fully saturated rings. The molecule has 2 aromatic rings. The largest absolute Gasteiger partial charge is 0.483 e. The minimum absolute atomic E-state index is 0.137. The van der Waals surface area contributed by atoms with Gasteiger partial charge in [0, 0.05) is 18.4 Å². The number of nitrogens with one attached hydrogen (secondary N) is 1. The zero-order valence-electron chi connectivity index (χ0n) is 15.8. The van der Waals surface area contributed by atoms with Crippen LogP contribution in [0.5, 0.6) is 0 Å². The molecule has 3 rings (SSSR count). The van der Waals surface area contributed by atoms with E-state index in [-0.39, 0.29) is 36.1 Å². The fourth-order valence-electron chi connectivity index (χ4n) is 3.37. The standard InChI is InChI=1S/C19H22FN3O2.CH2O2/c1-12-5-3-4-6-15(12)19(25)23(11-24)13(2)9-18-21-16-8-7-14(20)10-17(16)22-18;2-1-3/h3-4,7-8,10-13,15H,5-6,9H2,1-2H3,(H,21,22);1H,(H,2,3). The molecule has 1 aliphatic rings. The number of aromatic nitrogens is 2. The predicted octanol–water partition coefficient (Wildman–Crippen LogP) is 2.92. The topological polar surface area (TPSA) is 103 Å². The molecule has 1 aromatic heterocycles. The number of carbonyl (C=O) groups is 3. The maximum absolute atomic E-state index is 13.3. The first kappa shape index (κ1) is 21.3. The number of hydrogen-bond donors (Lipinski definition) is 2. The molecular formula is C20H24FN3O4. The number of benzene rings is 1. The summed E-state index contributed by atoms with van der Waals surface area (Å²) in [6.07, 6.45) is 6.62. The Labute approximate surface area is 162 Å². The minimum Gasteiger partial charge on any atom is -0.483 e. The highest BCUT2D eigenvalue weighted by Crippen LogP contribution is 2.27. The lowest BCUT2D eigenvalue weighted by molar-refractivity contribution is -0.145. The summed E-state index contributed by atoms with van der Waals surface area (Å²) >= 11 is 0. The van der Waals surface area contributed by atoms with Crippen molar-refractivity contribution in [3.8, 4) is 0 Å². The summed E-state index contributed by atoms with van der Waals surface area (Å²) in [7, 11) is 0. The number of allylic oxidation sites excluding steroid dienone is 2. The fourth-order valence-corrected chi connectivity index (χ4v) is 3.37. The first-order chi connectivity index (χ1) is 13.4. The van der Waals surface area contributed by atoms with Gasteiger partial charge in [-0.15, -0.1) is 0 Å². The monoisotopic (exact) mass is 389 g/mol. The summed E-state index contributed by atoms with van der Waals surface area (Å²) in [5, 5.41) is 6.89. The Hall–Kier alpha value is -3.03. The van der Waals surface area contributed by atoms with Gasteiger partial charge in [-0.3, -0.25) is 19.3 Å². The number of hydrogen-bond acceptors (Lipinski definition) is 4. The summed E-state index contributed by atoms with van der Waals surface area (Å²) in [6.45, 7) is 3.61. The fraction of sp³-hybridized carbons (Fsp3) is 0.400.